The molecule has 1 N–H and O–H groups in total. The summed E-state index contributed by atoms with van der Waals surface area (Å²) in [4.78, 5) is 1.25. The zero-order valence-electron chi connectivity index (χ0n) is 9.41. The molecule has 0 radical (unpaired) electrons. The molecule has 0 amide bonds. The molecule has 2 aromatic rings. The average molecular weight is 270 g/mol. The number of hydrogen-bond acceptors (Lipinski definition) is 2. The van der Waals surface area contributed by atoms with E-state index in [2.05, 4.69) is 11.4 Å². The third-order valence-corrected chi connectivity index (χ3v) is 3.99. The van der Waals surface area contributed by atoms with E-state index in [1.807, 2.05) is 24.6 Å². The Labute approximate surface area is 109 Å². The molecule has 1 atom stereocenters. The number of thiophene rings is 1. The normalized spacial score (nSPS) is 12.6. The highest BCUT2D eigenvalue weighted by molar-refractivity contribution is 7.09. The van der Waals surface area contributed by atoms with Crippen LogP contribution in [0, 0.1) is 5.82 Å². The van der Waals surface area contributed by atoms with Crippen molar-refractivity contribution in [1.29, 1.82) is 0 Å². The second-order valence-electron chi connectivity index (χ2n) is 3.77. The minimum absolute atomic E-state index is 0.0388. The first-order chi connectivity index (χ1) is 8.22. The van der Waals surface area contributed by atoms with Crippen LogP contribution >= 0.6 is 22.9 Å². The van der Waals surface area contributed by atoms with Crippen LogP contribution in [-0.2, 0) is 6.42 Å². The minimum atomic E-state index is -0.365. The molecule has 0 aliphatic heterocycles. The number of benzene rings is 1. The van der Waals surface area contributed by atoms with E-state index >= 15 is 0 Å². The maximum Gasteiger partial charge on any atom is 0.142 e. The molecule has 0 aliphatic carbocycles. The molecule has 17 heavy (non-hydrogen) atoms. The lowest BCUT2D eigenvalue weighted by Crippen LogP contribution is -2.19. The van der Waals surface area contributed by atoms with Crippen molar-refractivity contribution in [3.05, 3.63) is 57.0 Å². The summed E-state index contributed by atoms with van der Waals surface area (Å²) in [6.45, 7) is 0. The van der Waals surface area contributed by atoms with Gasteiger partial charge >= 0.3 is 0 Å². The summed E-state index contributed by atoms with van der Waals surface area (Å²) < 4.78 is 13.4. The van der Waals surface area contributed by atoms with Gasteiger partial charge in [0.05, 0.1) is 5.02 Å². The Hall–Kier alpha value is -0.900. The number of halogens is 2. The average Bonchev–Trinajstić information content (AvgIpc) is 2.83. The molecule has 90 valence electrons. The zero-order chi connectivity index (χ0) is 12.3. The van der Waals surface area contributed by atoms with E-state index < -0.39 is 0 Å². The molecule has 0 saturated carbocycles. The Kier molecular flexibility index (Phi) is 4.15. The second kappa shape index (κ2) is 5.63. The smallest absolute Gasteiger partial charge is 0.142 e. The van der Waals surface area contributed by atoms with Gasteiger partial charge in [-0.3, -0.25) is 0 Å². The first-order valence-corrected chi connectivity index (χ1v) is 6.61. The molecule has 0 spiro atoms. The molecule has 1 unspecified atom stereocenters. The van der Waals surface area contributed by atoms with E-state index in [1.54, 1.807) is 17.4 Å². The van der Waals surface area contributed by atoms with Gasteiger partial charge in [0, 0.05) is 17.3 Å². The van der Waals surface area contributed by atoms with E-state index in [-0.39, 0.29) is 16.9 Å². The van der Waals surface area contributed by atoms with Crippen molar-refractivity contribution >= 4 is 22.9 Å². The maximum absolute atomic E-state index is 13.4. The third kappa shape index (κ3) is 2.86. The molecular weight excluding hydrogens is 257 g/mol. The van der Waals surface area contributed by atoms with Gasteiger partial charge in [0.25, 0.3) is 0 Å². The third-order valence-electron chi connectivity index (χ3n) is 2.69. The topological polar surface area (TPSA) is 12.0 Å². The van der Waals surface area contributed by atoms with Crippen LogP contribution in [0.5, 0.6) is 0 Å². The fraction of sp³-hybridized carbons (Fsp3) is 0.231. The highest BCUT2D eigenvalue weighted by Crippen LogP contribution is 2.28. The van der Waals surface area contributed by atoms with Gasteiger partial charge in [-0.05, 0) is 30.1 Å². The quantitative estimate of drug-likeness (QED) is 0.883. The highest BCUT2D eigenvalue weighted by Gasteiger charge is 2.16. The lowest BCUT2D eigenvalue weighted by Gasteiger charge is -2.17. The number of hydrogen-bond donors (Lipinski definition) is 1. The first-order valence-electron chi connectivity index (χ1n) is 5.36. The van der Waals surface area contributed by atoms with Crippen molar-refractivity contribution in [2.45, 2.75) is 12.5 Å². The van der Waals surface area contributed by atoms with E-state index in [0.717, 1.165) is 12.0 Å². The molecule has 0 fully saturated rings. The summed E-state index contributed by atoms with van der Waals surface area (Å²) in [5, 5.41) is 5.43. The van der Waals surface area contributed by atoms with E-state index in [1.165, 1.54) is 10.9 Å². The van der Waals surface area contributed by atoms with Crippen LogP contribution in [-0.4, -0.2) is 7.05 Å². The largest absolute Gasteiger partial charge is 0.313 e. The van der Waals surface area contributed by atoms with Gasteiger partial charge in [-0.15, -0.1) is 11.3 Å². The van der Waals surface area contributed by atoms with Gasteiger partial charge < -0.3 is 5.32 Å². The predicted octanol–water partition coefficient (Wildman–Crippen LogP) is 4.04. The molecule has 0 bridgehead atoms. The fourth-order valence-electron chi connectivity index (χ4n) is 1.79. The Morgan fingerprint density at radius 3 is 2.82 bits per heavy atom. The van der Waals surface area contributed by atoms with Crippen LogP contribution in [0.1, 0.15) is 16.5 Å². The predicted molar refractivity (Wildman–Crippen MR) is 71.2 cm³/mol. The maximum atomic E-state index is 13.4. The van der Waals surface area contributed by atoms with Crippen molar-refractivity contribution in [2.75, 3.05) is 7.05 Å². The first kappa shape index (κ1) is 12.6. The molecule has 0 saturated heterocycles. The van der Waals surface area contributed by atoms with Crippen molar-refractivity contribution in [1.82, 2.24) is 5.32 Å². The van der Waals surface area contributed by atoms with Crippen LogP contribution in [0.3, 0.4) is 0 Å². The SMILES string of the molecule is CNC(Cc1cccs1)c1cccc(F)c1Cl. The molecule has 1 heterocycles. The molecule has 1 aromatic heterocycles. The summed E-state index contributed by atoms with van der Waals surface area (Å²) in [5.41, 5.74) is 0.808. The lowest BCUT2D eigenvalue weighted by molar-refractivity contribution is 0.581. The highest BCUT2D eigenvalue weighted by atomic mass is 35.5. The van der Waals surface area contributed by atoms with E-state index in [4.69, 9.17) is 11.6 Å². The van der Waals surface area contributed by atoms with Crippen LogP contribution < -0.4 is 5.32 Å². The summed E-state index contributed by atoms with van der Waals surface area (Å²) in [7, 11) is 1.86. The van der Waals surface area contributed by atoms with Gasteiger partial charge in [0.1, 0.15) is 5.82 Å². The second-order valence-corrected chi connectivity index (χ2v) is 5.18. The molecule has 1 aromatic carbocycles. The Balaban J connectivity index is 2.26. The van der Waals surface area contributed by atoms with Gasteiger partial charge in [-0.25, -0.2) is 4.39 Å². The monoisotopic (exact) mass is 269 g/mol. The molecular formula is C13H13ClFNS. The minimum Gasteiger partial charge on any atom is -0.313 e. The molecule has 4 heteroatoms. The standard InChI is InChI=1S/C13H13ClFNS/c1-16-12(8-9-4-3-7-17-9)10-5-2-6-11(15)13(10)14/h2-7,12,16H,8H2,1H3. The van der Waals surface area contributed by atoms with Gasteiger partial charge in [-0.1, -0.05) is 29.8 Å². The Morgan fingerprint density at radius 1 is 1.35 bits per heavy atom. The zero-order valence-corrected chi connectivity index (χ0v) is 11.0. The summed E-state index contributed by atoms with van der Waals surface area (Å²) in [6, 6.07) is 9.05. The van der Waals surface area contributed by atoms with Crippen molar-refractivity contribution in [2.24, 2.45) is 0 Å². The van der Waals surface area contributed by atoms with Crippen molar-refractivity contribution < 1.29 is 4.39 Å². The van der Waals surface area contributed by atoms with Crippen LogP contribution in [0.25, 0.3) is 0 Å². The Bertz CT molecular complexity index is 484. The molecule has 0 aliphatic rings. The van der Waals surface area contributed by atoms with E-state index in [9.17, 15) is 4.39 Å². The lowest BCUT2D eigenvalue weighted by atomic mass is 10.0. The number of likely N-dealkylation sites (N-methyl/N-ethyl adjacent to an activating group) is 1. The van der Waals surface area contributed by atoms with Crippen molar-refractivity contribution in [3.63, 3.8) is 0 Å². The summed E-state index contributed by atoms with van der Waals surface area (Å²) in [5.74, 6) is -0.365. The fourth-order valence-corrected chi connectivity index (χ4v) is 2.80. The van der Waals surface area contributed by atoms with Crippen LogP contribution in [0.15, 0.2) is 35.7 Å². The number of rotatable bonds is 4. The van der Waals surface area contributed by atoms with Gasteiger partial charge in [0.2, 0.25) is 0 Å². The van der Waals surface area contributed by atoms with E-state index in [0.29, 0.717) is 0 Å². The van der Waals surface area contributed by atoms with Gasteiger partial charge in [0.15, 0.2) is 0 Å². The Morgan fingerprint density at radius 2 is 2.18 bits per heavy atom. The number of nitrogens with one attached hydrogen (secondary N) is 1. The van der Waals surface area contributed by atoms with Crippen LogP contribution in [0.2, 0.25) is 5.02 Å². The van der Waals surface area contributed by atoms with Crippen LogP contribution in [0.4, 0.5) is 4.39 Å². The summed E-state index contributed by atoms with van der Waals surface area (Å²) in [6.07, 6.45) is 0.817. The van der Waals surface area contributed by atoms with Gasteiger partial charge in [-0.2, -0.15) is 0 Å². The molecule has 1 nitrogen and oxygen atoms in total. The molecule has 2 rings (SSSR count). The summed E-state index contributed by atoms with van der Waals surface area (Å²) >= 11 is 7.69. The van der Waals surface area contributed by atoms with Crippen molar-refractivity contribution in [3.8, 4) is 0 Å².